The number of carbonyl (C=O) groups is 2. The zero-order chi connectivity index (χ0) is 17.4. The second kappa shape index (κ2) is 6.12. The molecule has 1 N–H and O–H groups in total. The SMILES string of the molecule is Cc1cccc(NC(=O)C2CCN(c3ccc4c(c3)OCO4)C2=O)c1. The number of hydrogen-bond donors (Lipinski definition) is 1. The number of anilines is 2. The predicted octanol–water partition coefficient (Wildman–Crippen LogP) is 2.72. The Bertz CT molecular complexity index is 849. The average Bonchev–Trinajstić information content (AvgIpc) is 3.20. The monoisotopic (exact) mass is 338 g/mol. The fourth-order valence-electron chi connectivity index (χ4n) is 3.18. The largest absolute Gasteiger partial charge is 0.454 e. The first kappa shape index (κ1) is 15.5. The molecule has 1 unspecified atom stereocenters. The first-order valence-electron chi connectivity index (χ1n) is 8.20. The van der Waals surface area contributed by atoms with Gasteiger partial charge in [0.25, 0.3) is 0 Å². The van der Waals surface area contributed by atoms with Crippen molar-refractivity contribution in [1.29, 1.82) is 0 Å². The lowest BCUT2D eigenvalue weighted by atomic mass is 10.1. The number of ether oxygens (including phenoxy) is 2. The summed E-state index contributed by atoms with van der Waals surface area (Å²) >= 11 is 0. The lowest BCUT2D eigenvalue weighted by molar-refractivity contribution is -0.129. The van der Waals surface area contributed by atoms with Crippen LogP contribution < -0.4 is 19.7 Å². The summed E-state index contributed by atoms with van der Waals surface area (Å²) < 4.78 is 10.6. The van der Waals surface area contributed by atoms with E-state index in [1.54, 1.807) is 17.0 Å². The summed E-state index contributed by atoms with van der Waals surface area (Å²) in [6, 6.07) is 12.9. The van der Waals surface area contributed by atoms with Crippen molar-refractivity contribution in [2.45, 2.75) is 13.3 Å². The summed E-state index contributed by atoms with van der Waals surface area (Å²) in [5.41, 5.74) is 2.48. The molecule has 128 valence electrons. The van der Waals surface area contributed by atoms with Crippen LogP contribution in [-0.4, -0.2) is 25.2 Å². The molecule has 2 aromatic rings. The highest BCUT2D eigenvalue weighted by molar-refractivity contribution is 6.13. The van der Waals surface area contributed by atoms with Crippen LogP contribution >= 0.6 is 0 Å². The van der Waals surface area contributed by atoms with Gasteiger partial charge in [0, 0.05) is 24.0 Å². The number of nitrogens with zero attached hydrogens (tertiary/aromatic N) is 1. The van der Waals surface area contributed by atoms with Crippen molar-refractivity contribution in [1.82, 2.24) is 0 Å². The molecule has 25 heavy (non-hydrogen) atoms. The highest BCUT2D eigenvalue weighted by Gasteiger charge is 2.38. The van der Waals surface area contributed by atoms with E-state index < -0.39 is 5.92 Å². The molecule has 4 rings (SSSR count). The minimum Gasteiger partial charge on any atom is -0.454 e. The van der Waals surface area contributed by atoms with Crippen molar-refractivity contribution in [3.05, 3.63) is 48.0 Å². The molecule has 0 bridgehead atoms. The number of amides is 2. The molecule has 1 saturated heterocycles. The summed E-state index contributed by atoms with van der Waals surface area (Å²) in [6.07, 6.45) is 0.491. The molecule has 0 aliphatic carbocycles. The molecule has 6 nitrogen and oxygen atoms in total. The van der Waals surface area contributed by atoms with Gasteiger partial charge in [0.2, 0.25) is 18.6 Å². The number of aryl methyl sites for hydroxylation is 1. The highest BCUT2D eigenvalue weighted by atomic mass is 16.7. The van der Waals surface area contributed by atoms with Crippen LogP contribution in [0.3, 0.4) is 0 Å². The topological polar surface area (TPSA) is 67.9 Å². The molecule has 0 spiro atoms. The summed E-state index contributed by atoms with van der Waals surface area (Å²) in [7, 11) is 0. The normalized spacial score (nSPS) is 18.5. The van der Waals surface area contributed by atoms with E-state index in [0.717, 1.165) is 11.3 Å². The standard InChI is InChI=1S/C19H18N2O4/c1-12-3-2-4-13(9-12)20-18(22)15-7-8-21(19(15)23)14-5-6-16-17(10-14)25-11-24-16/h2-6,9-10,15H,7-8,11H2,1H3,(H,20,22). The van der Waals surface area contributed by atoms with E-state index >= 15 is 0 Å². The zero-order valence-corrected chi connectivity index (χ0v) is 13.8. The molecule has 1 atom stereocenters. The van der Waals surface area contributed by atoms with Gasteiger partial charge >= 0.3 is 0 Å². The molecular weight excluding hydrogens is 320 g/mol. The van der Waals surface area contributed by atoms with E-state index in [9.17, 15) is 9.59 Å². The highest BCUT2D eigenvalue weighted by Crippen LogP contribution is 2.37. The summed E-state index contributed by atoms with van der Waals surface area (Å²) in [5, 5.41) is 2.84. The van der Waals surface area contributed by atoms with Crippen LogP contribution in [0.5, 0.6) is 11.5 Å². The van der Waals surface area contributed by atoms with Gasteiger partial charge < -0.3 is 19.7 Å². The second-order valence-corrected chi connectivity index (χ2v) is 6.23. The Morgan fingerprint density at radius 1 is 1.16 bits per heavy atom. The molecule has 2 amide bonds. The van der Waals surface area contributed by atoms with Gasteiger partial charge in [-0.2, -0.15) is 0 Å². The van der Waals surface area contributed by atoms with Gasteiger partial charge in [-0.15, -0.1) is 0 Å². The van der Waals surface area contributed by atoms with Crippen molar-refractivity contribution < 1.29 is 19.1 Å². The molecule has 2 aliphatic rings. The quantitative estimate of drug-likeness (QED) is 0.874. The Kier molecular flexibility index (Phi) is 3.80. The Hall–Kier alpha value is -3.02. The third kappa shape index (κ3) is 2.91. The van der Waals surface area contributed by atoms with E-state index in [-0.39, 0.29) is 18.6 Å². The summed E-state index contributed by atoms with van der Waals surface area (Å²) in [6.45, 7) is 2.65. The lowest BCUT2D eigenvalue weighted by Crippen LogP contribution is -2.33. The van der Waals surface area contributed by atoms with Crippen LogP contribution in [0.15, 0.2) is 42.5 Å². The van der Waals surface area contributed by atoms with Crippen molar-refractivity contribution in [2.75, 3.05) is 23.6 Å². The molecule has 2 aromatic carbocycles. The maximum absolute atomic E-state index is 12.7. The Morgan fingerprint density at radius 3 is 2.84 bits per heavy atom. The second-order valence-electron chi connectivity index (χ2n) is 6.23. The smallest absolute Gasteiger partial charge is 0.239 e. The van der Waals surface area contributed by atoms with Crippen LogP contribution in [-0.2, 0) is 9.59 Å². The van der Waals surface area contributed by atoms with Gasteiger partial charge in [0.05, 0.1) is 0 Å². The third-order valence-electron chi connectivity index (χ3n) is 4.48. The fourth-order valence-corrected chi connectivity index (χ4v) is 3.18. The fraction of sp³-hybridized carbons (Fsp3) is 0.263. The number of benzene rings is 2. The van der Waals surface area contributed by atoms with E-state index in [1.807, 2.05) is 37.3 Å². The number of nitrogens with one attached hydrogen (secondary N) is 1. The zero-order valence-electron chi connectivity index (χ0n) is 13.8. The van der Waals surface area contributed by atoms with Crippen molar-refractivity contribution >= 4 is 23.2 Å². The van der Waals surface area contributed by atoms with Crippen molar-refractivity contribution in [3.8, 4) is 11.5 Å². The van der Waals surface area contributed by atoms with Crippen molar-refractivity contribution in [2.24, 2.45) is 5.92 Å². The van der Waals surface area contributed by atoms with Crippen LogP contribution in [0.4, 0.5) is 11.4 Å². The Morgan fingerprint density at radius 2 is 2.00 bits per heavy atom. The molecule has 2 heterocycles. The molecule has 0 aromatic heterocycles. The van der Waals surface area contributed by atoms with Crippen LogP contribution in [0.2, 0.25) is 0 Å². The van der Waals surface area contributed by atoms with Crippen LogP contribution in [0.1, 0.15) is 12.0 Å². The van der Waals surface area contributed by atoms with Crippen molar-refractivity contribution in [3.63, 3.8) is 0 Å². The molecule has 1 fully saturated rings. The first-order chi connectivity index (χ1) is 12.1. The number of hydrogen-bond acceptors (Lipinski definition) is 4. The van der Waals surface area contributed by atoms with E-state index in [2.05, 4.69) is 5.32 Å². The van der Waals surface area contributed by atoms with Gasteiger partial charge in [-0.3, -0.25) is 9.59 Å². The van der Waals surface area contributed by atoms with Gasteiger partial charge in [0.15, 0.2) is 11.5 Å². The minimum absolute atomic E-state index is 0.189. The molecule has 6 heteroatoms. The predicted molar refractivity (Wildman–Crippen MR) is 92.8 cm³/mol. The maximum atomic E-state index is 12.7. The average molecular weight is 338 g/mol. The van der Waals surface area contributed by atoms with E-state index in [4.69, 9.17) is 9.47 Å². The van der Waals surface area contributed by atoms with Gasteiger partial charge in [-0.1, -0.05) is 12.1 Å². The Labute approximate surface area is 145 Å². The van der Waals surface area contributed by atoms with Crippen LogP contribution in [0.25, 0.3) is 0 Å². The molecule has 2 aliphatic heterocycles. The number of fused-ring (bicyclic) bond motifs is 1. The van der Waals surface area contributed by atoms with E-state index in [1.165, 1.54) is 0 Å². The molecular formula is C19H18N2O4. The summed E-state index contributed by atoms with van der Waals surface area (Å²) in [5.74, 6) is 0.163. The van der Waals surface area contributed by atoms with Gasteiger partial charge in [0.1, 0.15) is 5.92 Å². The number of carbonyl (C=O) groups excluding carboxylic acids is 2. The minimum atomic E-state index is -0.675. The molecule has 0 radical (unpaired) electrons. The third-order valence-corrected chi connectivity index (χ3v) is 4.48. The maximum Gasteiger partial charge on any atom is 0.239 e. The Balaban J connectivity index is 1.48. The lowest BCUT2D eigenvalue weighted by Gasteiger charge is -2.17. The van der Waals surface area contributed by atoms with Gasteiger partial charge in [-0.05, 0) is 43.2 Å². The number of rotatable bonds is 3. The van der Waals surface area contributed by atoms with E-state index in [0.29, 0.717) is 30.2 Å². The van der Waals surface area contributed by atoms with Gasteiger partial charge in [-0.25, -0.2) is 0 Å². The first-order valence-corrected chi connectivity index (χ1v) is 8.20. The molecule has 0 saturated carbocycles. The summed E-state index contributed by atoms with van der Waals surface area (Å²) in [4.78, 5) is 26.8. The van der Waals surface area contributed by atoms with Crippen LogP contribution in [0, 0.1) is 12.8 Å².